The van der Waals surface area contributed by atoms with Gasteiger partial charge in [-0.15, -0.1) is 0 Å². The lowest BCUT2D eigenvalue weighted by Gasteiger charge is -2.35. The van der Waals surface area contributed by atoms with E-state index in [1.165, 1.54) is 0 Å². The topological polar surface area (TPSA) is 50.8 Å². The van der Waals surface area contributed by atoms with E-state index in [0.717, 1.165) is 45.4 Å². The second kappa shape index (κ2) is 8.59. The van der Waals surface area contributed by atoms with Gasteiger partial charge in [0.1, 0.15) is 5.60 Å². The minimum atomic E-state index is -0.420. The van der Waals surface area contributed by atoms with Gasteiger partial charge < -0.3 is 19.7 Å². The summed E-state index contributed by atoms with van der Waals surface area (Å²) in [5.74, 6) is 0. The maximum Gasteiger partial charge on any atom is 0.410 e. The van der Waals surface area contributed by atoms with Crippen molar-refractivity contribution in [2.75, 3.05) is 26.8 Å². The molecule has 0 bridgehead atoms. The Morgan fingerprint density at radius 3 is 2.43 bits per heavy atom. The Bertz CT molecular complexity index is 301. The predicted molar refractivity (Wildman–Crippen MR) is 84.5 cm³/mol. The number of hydrogen-bond acceptors (Lipinski definition) is 4. The zero-order valence-electron chi connectivity index (χ0n) is 14.3. The van der Waals surface area contributed by atoms with Gasteiger partial charge in [0, 0.05) is 32.3 Å². The zero-order chi connectivity index (χ0) is 15.9. The molecule has 0 aliphatic carbocycles. The molecule has 0 aromatic heterocycles. The highest BCUT2D eigenvalue weighted by molar-refractivity contribution is 5.68. The van der Waals surface area contributed by atoms with Crippen molar-refractivity contribution in [1.29, 1.82) is 0 Å². The molecule has 1 unspecified atom stereocenters. The van der Waals surface area contributed by atoms with Crippen molar-refractivity contribution in [2.24, 2.45) is 0 Å². The van der Waals surface area contributed by atoms with Crippen LogP contribution in [0.4, 0.5) is 4.79 Å². The average Bonchev–Trinajstić information content (AvgIpc) is 2.38. The first kappa shape index (κ1) is 18.2. The molecule has 1 rings (SSSR count). The maximum absolute atomic E-state index is 12.0. The number of carbonyl (C=O) groups is 1. The van der Waals surface area contributed by atoms with Gasteiger partial charge in [0.05, 0.1) is 6.61 Å². The number of amides is 1. The van der Waals surface area contributed by atoms with Crippen LogP contribution < -0.4 is 5.32 Å². The summed E-state index contributed by atoms with van der Waals surface area (Å²) in [6.07, 6.45) is 4.03. The fourth-order valence-corrected chi connectivity index (χ4v) is 2.65. The second-order valence-corrected chi connectivity index (χ2v) is 6.85. The first-order valence-electron chi connectivity index (χ1n) is 8.08. The Labute approximate surface area is 129 Å². The lowest BCUT2D eigenvalue weighted by atomic mass is 10.0. The summed E-state index contributed by atoms with van der Waals surface area (Å²) < 4.78 is 10.7. The number of rotatable bonds is 6. The number of nitrogens with one attached hydrogen (secondary N) is 1. The first-order valence-corrected chi connectivity index (χ1v) is 8.08. The normalized spacial score (nSPS) is 18.6. The van der Waals surface area contributed by atoms with Crippen LogP contribution in [0.3, 0.4) is 0 Å². The molecule has 1 aliphatic heterocycles. The number of nitrogens with zero attached hydrogens (tertiary/aromatic N) is 1. The minimum absolute atomic E-state index is 0.192. The predicted octanol–water partition coefficient (Wildman–Crippen LogP) is 2.79. The molecular weight excluding hydrogens is 268 g/mol. The summed E-state index contributed by atoms with van der Waals surface area (Å²) in [4.78, 5) is 13.8. The largest absolute Gasteiger partial charge is 0.444 e. The average molecular weight is 300 g/mol. The number of piperidine rings is 1. The lowest BCUT2D eigenvalue weighted by molar-refractivity contribution is 0.0191. The van der Waals surface area contributed by atoms with Gasteiger partial charge in [-0.05, 0) is 40.0 Å². The smallest absolute Gasteiger partial charge is 0.410 e. The van der Waals surface area contributed by atoms with Crippen molar-refractivity contribution in [3.63, 3.8) is 0 Å². The van der Waals surface area contributed by atoms with E-state index >= 15 is 0 Å². The van der Waals surface area contributed by atoms with Crippen LogP contribution in [0.25, 0.3) is 0 Å². The third-order valence-corrected chi connectivity index (χ3v) is 3.62. The Morgan fingerprint density at radius 2 is 1.95 bits per heavy atom. The van der Waals surface area contributed by atoms with E-state index < -0.39 is 5.60 Å². The molecule has 1 aliphatic rings. The van der Waals surface area contributed by atoms with Gasteiger partial charge in [0.2, 0.25) is 0 Å². The van der Waals surface area contributed by atoms with Crippen molar-refractivity contribution in [2.45, 2.75) is 71.1 Å². The molecular formula is C16H32N2O3. The van der Waals surface area contributed by atoms with Gasteiger partial charge >= 0.3 is 6.09 Å². The molecule has 0 aromatic rings. The maximum atomic E-state index is 12.0. The van der Waals surface area contributed by atoms with E-state index in [9.17, 15) is 4.79 Å². The SMILES string of the molecule is CCCC(COC)NC1CCN(C(=O)OC(C)(C)C)CC1. The minimum Gasteiger partial charge on any atom is -0.444 e. The highest BCUT2D eigenvalue weighted by atomic mass is 16.6. The summed E-state index contributed by atoms with van der Waals surface area (Å²) in [6, 6.07) is 0.883. The van der Waals surface area contributed by atoms with E-state index in [2.05, 4.69) is 12.2 Å². The molecule has 1 fully saturated rings. The van der Waals surface area contributed by atoms with Gasteiger partial charge in [0.15, 0.2) is 0 Å². The molecule has 124 valence electrons. The summed E-state index contributed by atoms with van der Waals surface area (Å²) in [5, 5.41) is 3.66. The number of methoxy groups -OCH3 is 1. The van der Waals surface area contributed by atoms with Gasteiger partial charge in [-0.1, -0.05) is 13.3 Å². The molecule has 0 radical (unpaired) electrons. The molecule has 5 nitrogen and oxygen atoms in total. The number of carbonyl (C=O) groups excluding carboxylic acids is 1. The Kier molecular flexibility index (Phi) is 7.46. The summed E-state index contributed by atoms with van der Waals surface area (Å²) in [5.41, 5.74) is -0.420. The van der Waals surface area contributed by atoms with Gasteiger partial charge in [-0.3, -0.25) is 0 Å². The third-order valence-electron chi connectivity index (χ3n) is 3.62. The Balaban J connectivity index is 2.35. The number of ether oxygens (including phenoxy) is 2. The van der Waals surface area contributed by atoms with Crippen LogP contribution in [0.2, 0.25) is 0 Å². The van der Waals surface area contributed by atoms with Crippen molar-refractivity contribution in [1.82, 2.24) is 10.2 Å². The molecule has 5 heteroatoms. The molecule has 1 amide bonds. The van der Waals surface area contributed by atoms with Crippen molar-refractivity contribution >= 4 is 6.09 Å². The summed E-state index contributed by atoms with van der Waals surface area (Å²) >= 11 is 0. The standard InChI is InChI=1S/C16H32N2O3/c1-6-7-14(12-20-5)17-13-8-10-18(11-9-13)15(19)21-16(2,3)4/h13-14,17H,6-12H2,1-5H3. The van der Waals surface area contributed by atoms with E-state index in [1.807, 2.05) is 25.7 Å². The van der Waals surface area contributed by atoms with Crippen LogP contribution >= 0.6 is 0 Å². The molecule has 1 saturated heterocycles. The third kappa shape index (κ3) is 7.14. The van der Waals surface area contributed by atoms with E-state index in [1.54, 1.807) is 7.11 Å². The van der Waals surface area contributed by atoms with Crippen LogP contribution in [-0.2, 0) is 9.47 Å². The molecule has 21 heavy (non-hydrogen) atoms. The number of hydrogen-bond donors (Lipinski definition) is 1. The zero-order valence-corrected chi connectivity index (χ0v) is 14.3. The molecule has 0 saturated carbocycles. The van der Waals surface area contributed by atoms with Crippen LogP contribution in [0, 0.1) is 0 Å². The van der Waals surface area contributed by atoms with Gasteiger partial charge in [-0.2, -0.15) is 0 Å². The Morgan fingerprint density at radius 1 is 1.33 bits per heavy atom. The van der Waals surface area contributed by atoms with Crippen LogP contribution in [0.1, 0.15) is 53.4 Å². The molecule has 0 spiro atoms. The molecule has 1 heterocycles. The molecule has 0 aromatic carbocycles. The van der Waals surface area contributed by atoms with Crippen LogP contribution in [0.5, 0.6) is 0 Å². The van der Waals surface area contributed by atoms with E-state index in [-0.39, 0.29) is 6.09 Å². The van der Waals surface area contributed by atoms with Crippen LogP contribution in [-0.4, -0.2) is 55.5 Å². The highest BCUT2D eigenvalue weighted by Gasteiger charge is 2.27. The molecule has 1 N–H and O–H groups in total. The Hall–Kier alpha value is -0.810. The second-order valence-electron chi connectivity index (χ2n) is 6.85. The van der Waals surface area contributed by atoms with E-state index in [4.69, 9.17) is 9.47 Å². The summed E-state index contributed by atoms with van der Waals surface area (Å²) in [6.45, 7) is 10.2. The molecule has 1 atom stereocenters. The van der Waals surface area contributed by atoms with Gasteiger partial charge in [0.25, 0.3) is 0 Å². The lowest BCUT2D eigenvalue weighted by Crippen LogP contribution is -2.49. The fourth-order valence-electron chi connectivity index (χ4n) is 2.65. The van der Waals surface area contributed by atoms with Crippen molar-refractivity contribution in [3.8, 4) is 0 Å². The van der Waals surface area contributed by atoms with E-state index in [0.29, 0.717) is 12.1 Å². The fraction of sp³-hybridized carbons (Fsp3) is 0.938. The van der Waals surface area contributed by atoms with Crippen LogP contribution in [0.15, 0.2) is 0 Å². The van der Waals surface area contributed by atoms with Crippen molar-refractivity contribution < 1.29 is 14.3 Å². The summed E-state index contributed by atoms with van der Waals surface area (Å²) in [7, 11) is 1.75. The first-order chi connectivity index (χ1) is 9.85. The van der Waals surface area contributed by atoms with Gasteiger partial charge in [-0.25, -0.2) is 4.79 Å². The number of likely N-dealkylation sites (tertiary alicyclic amines) is 1. The monoisotopic (exact) mass is 300 g/mol. The van der Waals surface area contributed by atoms with Crippen molar-refractivity contribution in [3.05, 3.63) is 0 Å². The highest BCUT2D eigenvalue weighted by Crippen LogP contribution is 2.16. The quantitative estimate of drug-likeness (QED) is 0.819.